The van der Waals surface area contributed by atoms with Gasteiger partial charge in [-0.25, -0.2) is 15.6 Å². The average molecular weight is 371 g/mol. The highest BCUT2D eigenvalue weighted by molar-refractivity contribution is 6.30. The van der Waals surface area contributed by atoms with E-state index in [9.17, 15) is 0 Å². The summed E-state index contributed by atoms with van der Waals surface area (Å²) in [5, 5.41) is 13.1. The van der Waals surface area contributed by atoms with Crippen molar-refractivity contribution in [2.24, 2.45) is 10.3 Å². The molecule has 0 radical (unpaired) electrons. The predicted octanol–water partition coefficient (Wildman–Crippen LogP) is 4.14. The zero-order valence-corrected chi connectivity index (χ0v) is 15.2. The number of nitrogens with zero attached hydrogens (tertiary/aromatic N) is 4. The van der Waals surface area contributed by atoms with Gasteiger partial charge in [-0.3, -0.25) is 0 Å². The molecule has 2 aromatic carbocycles. The fraction of sp³-hybridized carbons (Fsp3) is 0.167. The molecule has 0 saturated carbocycles. The van der Waals surface area contributed by atoms with Crippen LogP contribution in [0.25, 0.3) is 5.69 Å². The zero-order chi connectivity index (χ0) is 18.4. The molecule has 7 nitrogen and oxygen atoms in total. The lowest BCUT2D eigenvalue weighted by Crippen LogP contribution is -2.20. The van der Waals surface area contributed by atoms with Crippen LogP contribution in [0.5, 0.6) is 5.88 Å². The van der Waals surface area contributed by atoms with E-state index in [2.05, 4.69) is 26.4 Å². The minimum atomic E-state index is 0.345. The number of benzene rings is 2. The van der Waals surface area contributed by atoms with Gasteiger partial charge in [0.25, 0.3) is 0 Å². The van der Waals surface area contributed by atoms with Crippen molar-refractivity contribution in [3.63, 3.8) is 0 Å². The van der Waals surface area contributed by atoms with Crippen molar-refractivity contribution in [2.45, 2.75) is 13.5 Å². The standard InChI is InChI=1S/C18H19ClN6O/c1-13-4-3-5-17(21-24-23-20-2)16(13)12-26-18-10-11-25(22-18)15-8-6-14(19)7-9-15/h3-11H,12H2,1-2H3,(H,20,24)(H,21,23). The van der Waals surface area contributed by atoms with Crippen LogP contribution in [0.1, 0.15) is 11.1 Å². The van der Waals surface area contributed by atoms with E-state index >= 15 is 0 Å². The maximum absolute atomic E-state index is 5.92. The molecule has 0 amide bonds. The minimum absolute atomic E-state index is 0.345. The number of nitrogens with one attached hydrogen (secondary N) is 2. The molecule has 0 fully saturated rings. The Kier molecular flexibility index (Phi) is 5.83. The van der Waals surface area contributed by atoms with Crippen molar-refractivity contribution in [2.75, 3.05) is 7.05 Å². The van der Waals surface area contributed by atoms with Gasteiger partial charge in [-0.2, -0.15) is 0 Å². The summed E-state index contributed by atoms with van der Waals surface area (Å²) in [6.45, 7) is 2.35. The monoisotopic (exact) mass is 370 g/mol. The third-order valence-corrected chi connectivity index (χ3v) is 3.98. The lowest BCUT2D eigenvalue weighted by atomic mass is 10.1. The first-order valence-corrected chi connectivity index (χ1v) is 8.40. The van der Waals surface area contributed by atoms with Crippen LogP contribution in [-0.2, 0) is 6.61 Å². The molecular weight excluding hydrogens is 352 g/mol. The van der Waals surface area contributed by atoms with Crippen molar-refractivity contribution < 1.29 is 4.74 Å². The van der Waals surface area contributed by atoms with Gasteiger partial charge in [0.05, 0.1) is 11.4 Å². The van der Waals surface area contributed by atoms with Crippen LogP contribution in [-0.4, -0.2) is 16.8 Å². The Hall–Kier alpha value is -2.90. The minimum Gasteiger partial charge on any atom is -0.472 e. The van der Waals surface area contributed by atoms with Crippen LogP contribution in [0.15, 0.2) is 65.1 Å². The second kappa shape index (κ2) is 8.46. The Bertz CT molecular complexity index is 891. The molecule has 3 rings (SSSR count). The number of hydrogen-bond acceptors (Lipinski definition) is 5. The molecule has 1 heterocycles. The third kappa shape index (κ3) is 4.38. The summed E-state index contributed by atoms with van der Waals surface area (Å²) in [7, 11) is 1.72. The zero-order valence-electron chi connectivity index (χ0n) is 14.5. The van der Waals surface area contributed by atoms with E-state index in [1.165, 1.54) is 0 Å². The first kappa shape index (κ1) is 17.9. The summed E-state index contributed by atoms with van der Waals surface area (Å²) >= 11 is 5.92. The largest absolute Gasteiger partial charge is 0.472 e. The molecule has 26 heavy (non-hydrogen) atoms. The van der Waals surface area contributed by atoms with E-state index < -0.39 is 0 Å². The summed E-state index contributed by atoms with van der Waals surface area (Å²) in [5.41, 5.74) is 8.95. The van der Waals surface area contributed by atoms with E-state index in [1.54, 1.807) is 11.7 Å². The van der Waals surface area contributed by atoms with Crippen LogP contribution in [0.4, 0.5) is 5.69 Å². The summed E-state index contributed by atoms with van der Waals surface area (Å²) in [6.07, 6.45) is 1.84. The molecule has 0 spiro atoms. The quantitative estimate of drug-likeness (QED) is 0.484. The van der Waals surface area contributed by atoms with Crippen molar-refractivity contribution in [1.29, 1.82) is 0 Å². The van der Waals surface area contributed by atoms with Crippen LogP contribution >= 0.6 is 11.6 Å². The highest BCUT2D eigenvalue weighted by Crippen LogP contribution is 2.24. The molecule has 0 aliphatic rings. The lowest BCUT2D eigenvalue weighted by Gasteiger charge is -2.09. The first-order valence-electron chi connectivity index (χ1n) is 8.03. The van der Waals surface area contributed by atoms with Crippen molar-refractivity contribution in [1.82, 2.24) is 20.7 Å². The highest BCUT2D eigenvalue weighted by atomic mass is 35.5. The Balaban J connectivity index is 1.72. The molecular formula is C18H19ClN6O. The third-order valence-electron chi connectivity index (χ3n) is 3.73. The van der Waals surface area contributed by atoms with Crippen LogP contribution in [0.2, 0.25) is 5.02 Å². The average Bonchev–Trinajstić information content (AvgIpc) is 3.11. The van der Waals surface area contributed by atoms with Gasteiger partial charge in [-0.05, 0) is 42.8 Å². The lowest BCUT2D eigenvalue weighted by molar-refractivity contribution is 0.291. The van der Waals surface area contributed by atoms with Gasteiger partial charge >= 0.3 is 0 Å². The van der Waals surface area contributed by atoms with Gasteiger partial charge < -0.3 is 4.74 Å². The van der Waals surface area contributed by atoms with Gasteiger partial charge in [0.15, 0.2) is 0 Å². The van der Waals surface area contributed by atoms with Crippen LogP contribution in [0, 0.1) is 6.92 Å². The van der Waals surface area contributed by atoms with Crippen molar-refractivity contribution >= 4 is 17.3 Å². The summed E-state index contributed by atoms with van der Waals surface area (Å²) in [6, 6.07) is 15.1. The van der Waals surface area contributed by atoms with Crippen LogP contribution in [0.3, 0.4) is 0 Å². The number of hydrazine groups is 1. The van der Waals surface area contributed by atoms with Gasteiger partial charge in [-0.15, -0.1) is 10.2 Å². The number of hydrogen-bond donors (Lipinski definition) is 2. The topological polar surface area (TPSA) is 75.8 Å². The Morgan fingerprint density at radius 2 is 1.96 bits per heavy atom. The molecule has 0 aliphatic carbocycles. The van der Waals surface area contributed by atoms with Gasteiger partial charge in [0.1, 0.15) is 6.61 Å². The van der Waals surface area contributed by atoms with E-state index in [0.29, 0.717) is 17.5 Å². The van der Waals surface area contributed by atoms with Gasteiger partial charge in [0, 0.05) is 29.9 Å². The Labute approximate surface area is 156 Å². The number of aromatic nitrogens is 2. The predicted molar refractivity (Wildman–Crippen MR) is 101 cm³/mol. The van der Waals surface area contributed by atoms with Crippen LogP contribution < -0.4 is 15.7 Å². The summed E-state index contributed by atoms with van der Waals surface area (Å²) in [4.78, 5) is 0. The van der Waals surface area contributed by atoms with Gasteiger partial charge in [0.2, 0.25) is 5.88 Å². The molecule has 8 heteroatoms. The Morgan fingerprint density at radius 1 is 1.15 bits per heavy atom. The fourth-order valence-corrected chi connectivity index (χ4v) is 2.49. The molecule has 3 aromatic rings. The molecule has 0 atom stereocenters. The number of aryl methyl sites for hydroxylation is 1. The second-order valence-corrected chi connectivity index (χ2v) is 5.93. The van der Waals surface area contributed by atoms with Gasteiger partial charge in [-0.1, -0.05) is 29.0 Å². The maximum Gasteiger partial charge on any atom is 0.233 e. The molecule has 134 valence electrons. The Morgan fingerprint density at radius 3 is 2.73 bits per heavy atom. The molecule has 0 bridgehead atoms. The molecule has 0 unspecified atom stereocenters. The number of rotatable bonds is 7. The molecule has 2 N–H and O–H groups in total. The van der Waals surface area contributed by atoms with Crippen molar-refractivity contribution in [3.05, 3.63) is 70.9 Å². The van der Waals surface area contributed by atoms with E-state index in [-0.39, 0.29) is 0 Å². The van der Waals surface area contributed by atoms with E-state index in [1.807, 2.05) is 61.7 Å². The first-order chi connectivity index (χ1) is 12.7. The van der Waals surface area contributed by atoms with E-state index in [0.717, 1.165) is 22.5 Å². The normalized spacial score (nSPS) is 11.0. The van der Waals surface area contributed by atoms with Crippen molar-refractivity contribution in [3.8, 4) is 11.6 Å². The number of ether oxygens (including phenoxy) is 1. The smallest absolute Gasteiger partial charge is 0.233 e. The summed E-state index contributed by atoms with van der Waals surface area (Å²) in [5.74, 6) is 0.527. The molecule has 1 aromatic heterocycles. The fourth-order valence-electron chi connectivity index (χ4n) is 2.37. The van der Waals surface area contributed by atoms with E-state index in [4.69, 9.17) is 16.3 Å². The molecule has 0 saturated heterocycles. The number of halogens is 1. The second-order valence-electron chi connectivity index (χ2n) is 5.50. The maximum atomic E-state index is 5.92. The summed E-state index contributed by atoms with van der Waals surface area (Å²) < 4.78 is 7.59. The molecule has 0 aliphatic heterocycles. The SMILES string of the molecule is CNNN=Nc1cccc(C)c1COc1ccn(-c2ccc(Cl)cc2)n1. The highest BCUT2D eigenvalue weighted by Gasteiger charge is 2.08.